The molecule has 2 heterocycles. The van der Waals surface area contributed by atoms with Crippen LogP contribution in [0.25, 0.3) is 0 Å². The van der Waals surface area contributed by atoms with Crippen molar-refractivity contribution in [3.63, 3.8) is 0 Å². The highest BCUT2D eigenvalue weighted by Gasteiger charge is 2.32. The van der Waals surface area contributed by atoms with Crippen LogP contribution in [0.4, 0.5) is 4.39 Å². The maximum atomic E-state index is 13.5. The lowest BCUT2D eigenvalue weighted by molar-refractivity contribution is -0.140. The number of amides is 1. The van der Waals surface area contributed by atoms with Gasteiger partial charge in [0.1, 0.15) is 6.10 Å². The molecule has 3 rings (SSSR count). The Hall–Kier alpha value is -1.66. The first kappa shape index (κ1) is 17.2. The second-order valence-electron chi connectivity index (χ2n) is 6.51. The monoisotopic (exact) mass is 336 g/mol. The lowest BCUT2D eigenvalue weighted by Crippen LogP contribution is -2.56. The SMILES string of the molecule is C[C@H](CCC(=O)N1CC(Oc2ccccc2F)C1)N1CCOCC1. The van der Waals surface area contributed by atoms with E-state index in [4.69, 9.17) is 9.47 Å². The van der Waals surface area contributed by atoms with Crippen molar-refractivity contribution >= 4 is 5.91 Å². The van der Waals surface area contributed by atoms with Crippen molar-refractivity contribution < 1.29 is 18.7 Å². The van der Waals surface area contributed by atoms with E-state index in [0.717, 1.165) is 32.7 Å². The highest BCUT2D eigenvalue weighted by Crippen LogP contribution is 2.22. The van der Waals surface area contributed by atoms with Gasteiger partial charge in [-0.05, 0) is 25.5 Å². The molecular weight excluding hydrogens is 311 g/mol. The molecule has 1 aromatic carbocycles. The maximum Gasteiger partial charge on any atom is 0.222 e. The van der Waals surface area contributed by atoms with Crippen LogP contribution in [0.5, 0.6) is 5.75 Å². The standard InChI is InChI=1S/C18H25FN2O3/c1-14(20-8-10-23-11-9-20)6-7-18(22)21-12-15(13-21)24-17-5-3-2-4-16(17)19/h2-5,14-15H,6-13H2,1H3/t14-/m1/s1. The Labute approximate surface area is 142 Å². The second kappa shape index (κ2) is 7.94. The van der Waals surface area contributed by atoms with Gasteiger partial charge < -0.3 is 14.4 Å². The van der Waals surface area contributed by atoms with Gasteiger partial charge in [0.05, 0.1) is 26.3 Å². The molecule has 0 saturated carbocycles. The van der Waals surface area contributed by atoms with Gasteiger partial charge in [-0.25, -0.2) is 4.39 Å². The molecule has 132 valence electrons. The van der Waals surface area contributed by atoms with E-state index in [1.54, 1.807) is 23.1 Å². The summed E-state index contributed by atoms with van der Waals surface area (Å²) < 4.78 is 24.5. The molecule has 2 aliphatic rings. The fourth-order valence-corrected chi connectivity index (χ4v) is 3.13. The number of benzene rings is 1. The molecule has 1 aromatic rings. The summed E-state index contributed by atoms with van der Waals surface area (Å²) in [7, 11) is 0. The Morgan fingerprint density at radius 2 is 2.04 bits per heavy atom. The predicted octanol–water partition coefficient (Wildman–Crippen LogP) is 1.92. The zero-order valence-electron chi connectivity index (χ0n) is 14.1. The number of hydrogen-bond donors (Lipinski definition) is 0. The highest BCUT2D eigenvalue weighted by molar-refractivity contribution is 5.77. The van der Waals surface area contributed by atoms with Crippen molar-refractivity contribution in [3.8, 4) is 5.75 Å². The van der Waals surface area contributed by atoms with Gasteiger partial charge in [-0.1, -0.05) is 12.1 Å². The van der Waals surface area contributed by atoms with Gasteiger partial charge in [0, 0.05) is 25.6 Å². The predicted molar refractivity (Wildman–Crippen MR) is 88.5 cm³/mol. The number of morpholine rings is 1. The summed E-state index contributed by atoms with van der Waals surface area (Å²) in [6.07, 6.45) is 1.29. The third-order valence-corrected chi connectivity index (χ3v) is 4.78. The molecule has 24 heavy (non-hydrogen) atoms. The summed E-state index contributed by atoms with van der Waals surface area (Å²) in [5.74, 6) is 0.0562. The smallest absolute Gasteiger partial charge is 0.222 e. The molecular formula is C18H25FN2O3. The van der Waals surface area contributed by atoms with E-state index in [0.29, 0.717) is 25.6 Å². The van der Waals surface area contributed by atoms with Gasteiger partial charge in [-0.2, -0.15) is 0 Å². The Balaban J connectivity index is 1.36. The van der Waals surface area contributed by atoms with Crippen LogP contribution in [0.2, 0.25) is 0 Å². The van der Waals surface area contributed by atoms with E-state index >= 15 is 0 Å². The van der Waals surface area contributed by atoms with Gasteiger partial charge in [-0.3, -0.25) is 9.69 Å². The van der Waals surface area contributed by atoms with Crippen LogP contribution >= 0.6 is 0 Å². The number of nitrogens with zero attached hydrogens (tertiary/aromatic N) is 2. The molecule has 2 saturated heterocycles. The average Bonchev–Trinajstić information content (AvgIpc) is 2.57. The Morgan fingerprint density at radius 1 is 1.33 bits per heavy atom. The molecule has 0 spiro atoms. The summed E-state index contributed by atoms with van der Waals surface area (Å²) in [6.45, 7) is 6.69. The van der Waals surface area contributed by atoms with Gasteiger partial charge in [-0.15, -0.1) is 0 Å². The minimum absolute atomic E-state index is 0.109. The van der Waals surface area contributed by atoms with Gasteiger partial charge in [0.2, 0.25) is 5.91 Å². The quantitative estimate of drug-likeness (QED) is 0.796. The number of para-hydroxylation sites is 1. The fraction of sp³-hybridized carbons (Fsp3) is 0.611. The third-order valence-electron chi connectivity index (χ3n) is 4.78. The number of rotatable bonds is 6. The van der Waals surface area contributed by atoms with Crippen LogP contribution in [-0.2, 0) is 9.53 Å². The number of hydrogen-bond acceptors (Lipinski definition) is 4. The van der Waals surface area contributed by atoms with Crippen LogP contribution < -0.4 is 4.74 Å². The Kier molecular flexibility index (Phi) is 5.68. The maximum absolute atomic E-state index is 13.5. The molecule has 2 aliphatic heterocycles. The first-order chi connectivity index (χ1) is 11.6. The van der Waals surface area contributed by atoms with E-state index in [2.05, 4.69) is 11.8 Å². The molecule has 0 aliphatic carbocycles. The van der Waals surface area contributed by atoms with E-state index in [-0.39, 0.29) is 23.6 Å². The second-order valence-corrected chi connectivity index (χ2v) is 6.51. The van der Waals surface area contributed by atoms with E-state index < -0.39 is 0 Å². The van der Waals surface area contributed by atoms with Crippen LogP contribution in [-0.4, -0.2) is 67.2 Å². The normalized spacial score (nSPS) is 20.5. The lowest BCUT2D eigenvalue weighted by Gasteiger charge is -2.39. The molecule has 0 aromatic heterocycles. The minimum Gasteiger partial charge on any atom is -0.484 e. The van der Waals surface area contributed by atoms with Gasteiger partial charge >= 0.3 is 0 Å². The molecule has 0 unspecified atom stereocenters. The van der Waals surface area contributed by atoms with Crippen molar-refractivity contribution in [2.45, 2.75) is 31.9 Å². The first-order valence-electron chi connectivity index (χ1n) is 8.64. The number of carbonyl (C=O) groups is 1. The fourth-order valence-electron chi connectivity index (χ4n) is 3.13. The van der Waals surface area contributed by atoms with Crippen LogP contribution in [0.15, 0.2) is 24.3 Å². The van der Waals surface area contributed by atoms with E-state index in [1.165, 1.54) is 6.07 Å². The molecule has 0 radical (unpaired) electrons. The minimum atomic E-state index is -0.360. The van der Waals surface area contributed by atoms with Gasteiger partial charge in [0.25, 0.3) is 0 Å². The van der Waals surface area contributed by atoms with Crippen molar-refractivity contribution in [1.29, 1.82) is 0 Å². The third kappa shape index (κ3) is 4.24. The number of ether oxygens (including phenoxy) is 2. The Morgan fingerprint density at radius 3 is 2.75 bits per heavy atom. The van der Waals surface area contributed by atoms with Crippen LogP contribution in [0, 0.1) is 5.82 Å². The average molecular weight is 336 g/mol. The summed E-state index contributed by atoms with van der Waals surface area (Å²) in [6, 6.07) is 6.76. The molecule has 1 amide bonds. The molecule has 2 fully saturated rings. The molecule has 6 heteroatoms. The zero-order valence-corrected chi connectivity index (χ0v) is 14.1. The van der Waals surface area contributed by atoms with Crippen molar-refractivity contribution in [3.05, 3.63) is 30.1 Å². The summed E-state index contributed by atoms with van der Waals surface area (Å²) in [5, 5.41) is 0. The first-order valence-corrected chi connectivity index (χ1v) is 8.64. The van der Waals surface area contributed by atoms with Crippen molar-refractivity contribution in [1.82, 2.24) is 9.80 Å². The molecule has 0 bridgehead atoms. The lowest BCUT2D eigenvalue weighted by atomic mass is 10.1. The van der Waals surface area contributed by atoms with Crippen LogP contribution in [0.1, 0.15) is 19.8 Å². The number of carbonyl (C=O) groups excluding carboxylic acids is 1. The summed E-state index contributed by atoms with van der Waals surface area (Å²) in [4.78, 5) is 16.4. The summed E-state index contributed by atoms with van der Waals surface area (Å²) >= 11 is 0. The Bertz CT molecular complexity index is 557. The van der Waals surface area contributed by atoms with Crippen LogP contribution in [0.3, 0.4) is 0 Å². The summed E-state index contributed by atoms with van der Waals surface area (Å²) in [5.41, 5.74) is 0. The van der Waals surface area contributed by atoms with E-state index in [9.17, 15) is 9.18 Å². The number of likely N-dealkylation sites (tertiary alicyclic amines) is 1. The molecule has 1 atom stereocenters. The topological polar surface area (TPSA) is 42.0 Å². The van der Waals surface area contributed by atoms with Crippen molar-refractivity contribution in [2.24, 2.45) is 0 Å². The molecule has 5 nitrogen and oxygen atoms in total. The van der Waals surface area contributed by atoms with Crippen molar-refractivity contribution in [2.75, 3.05) is 39.4 Å². The molecule has 0 N–H and O–H groups in total. The van der Waals surface area contributed by atoms with Gasteiger partial charge in [0.15, 0.2) is 11.6 Å². The number of halogens is 1. The largest absolute Gasteiger partial charge is 0.484 e. The highest BCUT2D eigenvalue weighted by atomic mass is 19.1. The van der Waals surface area contributed by atoms with E-state index in [1.807, 2.05) is 0 Å². The zero-order chi connectivity index (χ0) is 16.9.